The maximum Gasteiger partial charge on any atom is 0.170 e. The monoisotopic (exact) mass is 220 g/mol. The van der Waals surface area contributed by atoms with E-state index < -0.39 is 11.7 Å². The topological polar surface area (TPSA) is 46.5 Å². The first-order chi connectivity index (χ1) is 7.39. The third-order valence-corrected chi connectivity index (χ3v) is 2.76. The van der Waals surface area contributed by atoms with Crippen molar-refractivity contribution in [3.63, 3.8) is 0 Å². The summed E-state index contributed by atoms with van der Waals surface area (Å²) in [6.07, 6.45) is -0.184. The van der Waals surface area contributed by atoms with Gasteiger partial charge in [-0.15, -0.1) is 0 Å². The molecule has 16 heavy (non-hydrogen) atoms. The normalized spacial score (nSPS) is 19.9. The first-order valence-corrected chi connectivity index (χ1v) is 5.43. The van der Waals surface area contributed by atoms with Crippen LogP contribution in [0, 0.1) is 0 Å². The second-order valence-corrected chi connectivity index (χ2v) is 4.89. The lowest BCUT2D eigenvalue weighted by atomic mass is 9.91. The van der Waals surface area contributed by atoms with Crippen LogP contribution in [0.25, 0.3) is 0 Å². The SMILES string of the molecule is C[C@H](O)c1ccc2c(c1)C(=O)CC(C)(C)O2. The zero-order valence-electron chi connectivity index (χ0n) is 9.78. The quantitative estimate of drug-likeness (QED) is 0.790. The molecule has 0 bridgehead atoms. The molecule has 0 saturated carbocycles. The van der Waals surface area contributed by atoms with Gasteiger partial charge in [0.05, 0.1) is 18.1 Å². The van der Waals surface area contributed by atoms with Crippen molar-refractivity contribution < 1.29 is 14.6 Å². The summed E-state index contributed by atoms with van der Waals surface area (Å²) >= 11 is 0. The van der Waals surface area contributed by atoms with Gasteiger partial charge in [0.15, 0.2) is 5.78 Å². The molecule has 3 heteroatoms. The smallest absolute Gasteiger partial charge is 0.170 e. The number of carbonyl (C=O) groups is 1. The summed E-state index contributed by atoms with van der Waals surface area (Å²) in [5, 5.41) is 9.46. The van der Waals surface area contributed by atoms with Gasteiger partial charge in [-0.3, -0.25) is 4.79 Å². The van der Waals surface area contributed by atoms with E-state index in [1.54, 1.807) is 25.1 Å². The third-order valence-electron chi connectivity index (χ3n) is 2.76. The molecule has 0 saturated heterocycles. The highest BCUT2D eigenvalue weighted by atomic mass is 16.5. The molecule has 3 nitrogen and oxygen atoms in total. The van der Waals surface area contributed by atoms with E-state index in [0.29, 0.717) is 17.7 Å². The molecular formula is C13H16O3. The van der Waals surface area contributed by atoms with E-state index in [-0.39, 0.29) is 5.78 Å². The van der Waals surface area contributed by atoms with Gasteiger partial charge in [0.25, 0.3) is 0 Å². The third kappa shape index (κ3) is 1.95. The minimum atomic E-state index is -0.562. The molecule has 1 aliphatic rings. The fraction of sp³-hybridized carbons (Fsp3) is 0.462. The minimum absolute atomic E-state index is 0.0775. The van der Waals surface area contributed by atoms with E-state index >= 15 is 0 Å². The minimum Gasteiger partial charge on any atom is -0.487 e. The van der Waals surface area contributed by atoms with Gasteiger partial charge in [0.1, 0.15) is 11.4 Å². The molecule has 0 aromatic heterocycles. The van der Waals surface area contributed by atoms with Crippen LogP contribution in [-0.4, -0.2) is 16.5 Å². The van der Waals surface area contributed by atoms with Crippen molar-refractivity contribution in [1.82, 2.24) is 0 Å². The number of aliphatic hydroxyl groups excluding tert-OH is 1. The molecule has 0 unspecified atom stereocenters. The van der Waals surface area contributed by atoms with E-state index in [0.717, 1.165) is 5.56 Å². The van der Waals surface area contributed by atoms with E-state index in [2.05, 4.69) is 0 Å². The maximum absolute atomic E-state index is 11.9. The number of hydrogen-bond acceptors (Lipinski definition) is 3. The molecule has 0 aliphatic carbocycles. The predicted molar refractivity (Wildman–Crippen MR) is 60.7 cm³/mol. The van der Waals surface area contributed by atoms with Crippen molar-refractivity contribution in [2.45, 2.75) is 38.9 Å². The van der Waals surface area contributed by atoms with Gasteiger partial charge in [0, 0.05) is 0 Å². The Hall–Kier alpha value is -1.35. The van der Waals surface area contributed by atoms with Crippen LogP contribution in [0.4, 0.5) is 0 Å². The molecule has 1 heterocycles. The largest absolute Gasteiger partial charge is 0.487 e. The Kier molecular flexibility index (Phi) is 2.50. The van der Waals surface area contributed by atoms with Crippen molar-refractivity contribution in [3.8, 4) is 5.75 Å². The highest BCUT2D eigenvalue weighted by Gasteiger charge is 2.32. The molecule has 1 aromatic rings. The van der Waals surface area contributed by atoms with Gasteiger partial charge in [-0.2, -0.15) is 0 Å². The molecule has 86 valence electrons. The van der Waals surface area contributed by atoms with E-state index in [1.165, 1.54) is 0 Å². The lowest BCUT2D eigenvalue weighted by molar-refractivity contribution is 0.0619. The van der Waals surface area contributed by atoms with Crippen LogP contribution < -0.4 is 4.74 Å². The van der Waals surface area contributed by atoms with Gasteiger partial charge < -0.3 is 9.84 Å². The predicted octanol–water partition coefficient (Wildman–Crippen LogP) is 2.48. The van der Waals surface area contributed by atoms with Gasteiger partial charge in [-0.05, 0) is 38.5 Å². The van der Waals surface area contributed by atoms with Crippen molar-refractivity contribution in [2.24, 2.45) is 0 Å². The molecule has 0 amide bonds. The second kappa shape index (κ2) is 3.59. The molecule has 0 spiro atoms. The fourth-order valence-corrected chi connectivity index (χ4v) is 1.93. The number of hydrogen-bond donors (Lipinski definition) is 1. The Bertz CT molecular complexity index is 433. The lowest BCUT2D eigenvalue weighted by Gasteiger charge is -2.31. The molecule has 1 N–H and O–H groups in total. The first kappa shape index (κ1) is 11.1. The number of fused-ring (bicyclic) bond motifs is 1. The van der Waals surface area contributed by atoms with Gasteiger partial charge in [-0.1, -0.05) is 6.07 Å². The molecule has 0 radical (unpaired) electrons. The fourth-order valence-electron chi connectivity index (χ4n) is 1.93. The first-order valence-electron chi connectivity index (χ1n) is 5.43. The van der Waals surface area contributed by atoms with E-state index in [4.69, 9.17) is 4.74 Å². The van der Waals surface area contributed by atoms with Crippen molar-refractivity contribution in [3.05, 3.63) is 29.3 Å². The number of Topliss-reactive ketones (excluding diaryl/α,β-unsaturated/α-hetero) is 1. The molecule has 0 fully saturated rings. The van der Waals surface area contributed by atoms with Gasteiger partial charge in [0.2, 0.25) is 0 Å². The van der Waals surface area contributed by atoms with Gasteiger partial charge >= 0.3 is 0 Å². The number of rotatable bonds is 1. The highest BCUT2D eigenvalue weighted by molar-refractivity contribution is 6.00. The molecule has 2 rings (SSSR count). The van der Waals surface area contributed by atoms with Crippen LogP contribution in [-0.2, 0) is 0 Å². The molecule has 1 aliphatic heterocycles. The summed E-state index contributed by atoms with van der Waals surface area (Å²) < 4.78 is 5.72. The van der Waals surface area contributed by atoms with Gasteiger partial charge in [-0.25, -0.2) is 0 Å². The summed E-state index contributed by atoms with van der Waals surface area (Å²) in [4.78, 5) is 11.9. The average Bonchev–Trinajstić information content (AvgIpc) is 2.15. The zero-order valence-corrected chi connectivity index (χ0v) is 9.78. The zero-order chi connectivity index (χ0) is 11.9. The Morgan fingerprint density at radius 2 is 2.12 bits per heavy atom. The molecule has 1 atom stereocenters. The number of ether oxygens (including phenoxy) is 1. The van der Waals surface area contributed by atoms with Crippen LogP contribution in [0.1, 0.15) is 49.2 Å². The van der Waals surface area contributed by atoms with Crippen LogP contribution >= 0.6 is 0 Å². The Labute approximate surface area is 95.0 Å². The van der Waals surface area contributed by atoms with Crippen LogP contribution in [0.5, 0.6) is 5.75 Å². The summed E-state index contributed by atoms with van der Waals surface area (Å²) in [5.41, 5.74) is 0.893. The van der Waals surface area contributed by atoms with E-state index in [9.17, 15) is 9.90 Å². The van der Waals surface area contributed by atoms with Crippen molar-refractivity contribution >= 4 is 5.78 Å². The Morgan fingerprint density at radius 3 is 2.75 bits per heavy atom. The molecule has 1 aromatic carbocycles. The highest BCUT2D eigenvalue weighted by Crippen LogP contribution is 2.34. The van der Waals surface area contributed by atoms with Crippen LogP contribution in [0.3, 0.4) is 0 Å². The number of benzene rings is 1. The standard InChI is InChI=1S/C13H16O3/c1-8(14)9-4-5-12-10(6-9)11(15)7-13(2,3)16-12/h4-6,8,14H,7H2,1-3H3/t8-/m0/s1. The van der Waals surface area contributed by atoms with Crippen LogP contribution in [0.15, 0.2) is 18.2 Å². The number of ketones is 1. The number of aliphatic hydroxyl groups is 1. The van der Waals surface area contributed by atoms with Crippen molar-refractivity contribution in [2.75, 3.05) is 0 Å². The lowest BCUT2D eigenvalue weighted by Crippen LogP contribution is -2.35. The summed E-state index contributed by atoms with van der Waals surface area (Å²) in [6, 6.07) is 5.27. The summed E-state index contributed by atoms with van der Waals surface area (Å²) in [7, 11) is 0. The van der Waals surface area contributed by atoms with Crippen molar-refractivity contribution in [1.29, 1.82) is 0 Å². The second-order valence-electron chi connectivity index (χ2n) is 4.89. The maximum atomic E-state index is 11.9. The average molecular weight is 220 g/mol. The Morgan fingerprint density at radius 1 is 1.44 bits per heavy atom. The summed E-state index contributed by atoms with van der Waals surface area (Å²) in [6.45, 7) is 5.48. The van der Waals surface area contributed by atoms with E-state index in [1.807, 2.05) is 13.8 Å². The Balaban J connectivity index is 2.45. The number of carbonyl (C=O) groups excluding carboxylic acids is 1. The summed E-state index contributed by atoms with van der Waals surface area (Å²) in [5.74, 6) is 0.694. The van der Waals surface area contributed by atoms with Crippen LogP contribution in [0.2, 0.25) is 0 Å². The molecular weight excluding hydrogens is 204 g/mol.